The molecule has 1 atom stereocenters. The molecule has 0 bridgehead atoms. The van der Waals surface area contributed by atoms with Gasteiger partial charge in [0.25, 0.3) is 0 Å². The molecule has 0 spiro atoms. The first-order valence-corrected chi connectivity index (χ1v) is 8.09. The predicted molar refractivity (Wildman–Crippen MR) is 88.6 cm³/mol. The number of aryl methyl sites for hydroxylation is 2. The summed E-state index contributed by atoms with van der Waals surface area (Å²) in [7, 11) is 0. The number of carbonyl (C=O) groups excluding carboxylic acids is 1. The number of para-hydroxylation sites is 2. The van der Waals surface area contributed by atoms with Crippen LogP contribution in [0.25, 0.3) is 11.0 Å². The van der Waals surface area contributed by atoms with Crippen LogP contribution in [0.2, 0.25) is 0 Å². The van der Waals surface area contributed by atoms with Crippen molar-refractivity contribution < 1.29 is 4.79 Å². The smallest absolute Gasteiger partial charge is 0.220 e. The lowest BCUT2D eigenvalue weighted by molar-refractivity contribution is -0.121. The highest BCUT2D eigenvalue weighted by Crippen LogP contribution is 2.20. The van der Waals surface area contributed by atoms with Crippen molar-refractivity contribution in [2.75, 3.05) is 6.54 Å². The molecule has 4 heteroatoms. The SMILES string of the molecule is Cc1nc2ccccc2n1CCCNC(=O)CC1C=CCC1. The Kier molecular flexibility index (Phi) is 4.56. The van der Waals surface area contributed by atoms with E-state index in [1.807, 2.05) is 25.1 Å². The molecule has 1 aliphatic carbocycles. The van der Waals surface area contributed by atoms with Gasteiger partial charge in [0.1, 0.15) is 5.82 Å². The summed E-state index contributed by atoms with van der Waals surface area (Å²) in [6.07, 6.45) is 8.13. The summed E-state index contributed by atoms with van der Waals surface area (Å²) in [4.78, 5) is 16.4. The predicted octanol–water partition coefficient (Wildman–Crippen LogP) is 3.21. The fraction of sp³-hybridized carbons (Fsp3) is 0.444. The molecule has 1 heterocycles. The lowest BCUT2D eigenvalue weighted by Crippen LogP contribution is -2.26. The molecule has 2 aromatic rings. The van der Waals surface area contributed by atoms with Crippen molar-refractivity contribution in [2.24, 2.45) is 5.92 Å². The average Bonchev–Trinajstić information content (AvgIpc) is 3.11. The zero-order valence-electron chi connectivity index (χ0n) is 13.1. The standard InChI is InChI=1S/C18H23N3O/c1-14-20-16-9-4-5-10-17(16)21(14)12-6-11-19-18(22)13-15-7-2-3-8-15/h2,4-5,7,9-10,15H,3,6,8,11-13H2,1H3,(H,19,22). The van der Waals surface area contributed by atoms with Crippen molar-refractivity contribution >= 4 is 16.9 Å². The molecular weight excluding hydrogens is 274 g/mol. The first kappa shape index (κ1) is 14.8. The number of nitrogens with zero attached hydrogens (tertiary/aromatic N) is 2. The Labute approximate surface area is 131 Å². The summed E-state index contributed by atoms with van der Waals surface area (Å²) in [5.41, 5.74) is 2.21. The maximum atomic E-state index is 11.9. The van der Waals surface area contributed by atoms with Crippen LogP contribution in [0.15, 0.2) is 36.4 Å². The Morgan fingerprint density at radius 1 is 1.41 bits per heavy atom. The zero-order valence-corrected chi connectivity index (χ0v) is 13.1. The van der Waals surface area contributed by atoms with E-state index in [9.17, 15) is 4.79 Å². The fourth-order valence-electron chi connectivity index (χ4n) is 3.12. The monoisotopic (exact) mass is 297 g/mol. The number of fused-ring (bicyclic) bond motifs is 1. The first-order chi connectivity index (χ1) is 10.7. The minimum atomic E-state index is 0.170. The van der Waals surface area contributed by atoms with Gasteiger partial charge in [-0.25, -0.2) is 4.98 Å². The van der Waals surface area contributed by atoms with Gasteiger partial charge in [-0.3, -0.25) is 4.79 Å². The molecule has 1 N–H and O–H groups in total. The highest BCUT2D eigenvalue weighted by Gasteiger charge is 2.13. The summed E-state index contributed by atoms with van der Waals surface area (Å²) in [6.45, 7) is 3.64. The highest BCUT2D eigenvalue weighted by atomic mass is 16.1. The summed E-state index contributed by atoms with van der Waals surface area (Å²) in [5.74, 6) is 1.65. The number of hydrogen-bond acceptors (Lipinski definition) is 2. The molecule has 1 aromatic carbocycles. The minimum absolute atomic E-state index is 0.170. The van der Waals surface area contributed by atoms with E-state index in [0.717, 1.165) is 43.7 Å². The van der Waals surface area contributed by atoms with Crippen LogP contribution in [0.5, 0.6) is 0 Å². The van der Waals surface area contributed by atoms with E-state index in [-0.39, 0.29) is 5.91 Å². The van der Waals surface area contributed by atoms with Gasteiger partial charge in [0, 0.05) is 19.5 Å². The molecule has 22 heavy (non-hydrogen) atoms. The first-order valence-electron chi connectivity index (χ1n) is 8.09. The summed E-state index contributed by atoms with van der Waals surface area (Å²) < 4.78 is 2.22. The third kappa shape index (κ3) is 3.38. The van der Waals surface area contributed by atoms with Crippen LogP contribution in [0.3, 0.4) is 0 Å². The Bertz CT molecular complexity index is 687. The van der Waals surface area contributed by atoms with E-state index in [2.05, 4.69) is 33.1 Å². The number of benzene rings is 1. The molecule has 1 aromatic heterocycles. The van der Waals surface area contributed by atoms with E-state index in [1.165, 1.54) is 5.52 Å². The zero-order chi connectivity index (χ0) is 15.4. The van der Waals surface area contributed by atoms with Crippen LogP contribution in [-0.4, -0.2) is 22.0 Å². The van der Waals surface area contributed by atoms with Gasteiger partial charge in [-0.15, -0.1) is 0 Å². The van der Waals surface area contributed by atoms with Gasteiger partial charge in [0.2, 0.25) is 5.91 Å². The van der Waals surface area contributed by atoms with Crippen LogP contribution in [0.1, 0.15) is 31.5 Å². The van der Waals surface area contributed by atoms with E-state index in [1.54, 1.807) is 0 Å². The summed E-state index contributed by atoms with van der Waals surface area (Å²) >= 11 is 0. The average molecular weight is 297 g/mol. The Balaban J connectivity index is 1.47. The van der Waals surface area contributed by atoms with Gasteiger partial charge in [-0.05, 0) is 44.2 Å². The third-order valence-corrected chi connectivity index (χ3v) is 4.29. The minimum Gasteiger partial charge on any atom is -0.356 e. The number of nitrogens with one attached hydrogen (secondary N) is 1. The molecule has 0 fully saturated rings. The fourth-order valence-corrected chi connectivity index (χ4v) is 3.12. The Morgan fingerprint density at radius 3 is 3.09 bits per heavy atom. The molecule has 0 saturated carbocycles. The van der Waals surface area contributed by atoms with Gasteiger partial charge in [-0.1, -0.05) is 24.3 Å². The third-order valence-electron chi connectivity index (χ3n) is 4.29. The molecule has 1 unspecified atom stereocenters. The molecule has 4 nitrogen and oxygen atoms in total. The second-order valence-electron chi connectivity index (χ2n) is 5.97. The molecule has 1 amide bonds. The molecule has 116 valence electrons. The number of aromatic nitrogens is 2. The Morgan fingerprint density at radius 2 is 2.27 bits per heavy atom. The van der Waals surface area contributed by atoms with E-state index >= 15 is 0 Å². The topological polar surface area (TPSA) is 46.9 Å². The Hall–Kier alpha value is -2.10. The van der Waals surface area contributed by atoms with Gasteiger partial charge >= 0.3 is 0 Å². The molecule has 3 rings (SSSR count). The molecule has 0 saturated heterocycles. The van der Waals surface area contributed by atoms with Crippen molar-refractivity contribution in [1.29, 1.82) is 0 Å². The lowest BCUT2D eigenvalue weighted by atomic mass is 10.1. The number of imidazole rings is 1. The second-order valence-corrected chi connectivity index (χ2v) is 5.97. The number of carbonyl (C=O) groups is 1. The molecular formula is C18H23N3O. The van der Waals surface area contributed by atoms with Gasteiger partial charge in [0.15, 0.2) is 0 Å². The van der Waals surface area contributed by atoms with Crippen LogP contribution < -0.4 is 5.32 Å². The van der Waals surface area contributed by atoms with Gasteiger partial charge in [-0.2, -0.15) is 0 Å². The van der Waals surface area contributed by atoms with Crippen LogP contribution in [0, 0.1) is 12.8 Å². The normalized spacial score (nSPS) is 17.2. The van der Waals surface area contributed by atoms with Gasteiger partial charge in [0.05, 0.1) is 11.0 Å². The van der Waals surface area contributed by atoms with Crippen LogP contribution in [-0.2, 0) is 11.3 Å². The van der Waals surface area contributed by atoms with Crippen LogP contribution in [0.4, 0.5) is 0 Å². The van der Waals surface area contributed by atoms with Gasteiger partial charge < -0.3 is 9.88 Å². The molecule has 0 aliphatic heterocycles. The largest absolute Gasteiger partial charge is 0.356 e. The van der Waals surface area contributed by atoms with E-state index in [4.69, 9.17) is 0 Å². The highest BCUT2D eigenvalue weighted by molar-refractivity contribution is 5.76. The van der Waals surface area contributed by atoms with Crippen molar-refractivity contribution in [2.45, 2.75) is 39.2 Å². The summed E-state index contributed by atoms with van der Waals surface area (Å²) in [5, 5.41) is 3.03. The number of amides is 1. The number of rotatable bonds is 6. The number of hydrogen-bond donors (Lipinski definition) is 1. The molecule has 1 aliphatic rings. The lowest BCUT2D eigenvalue weighted by Gasteiger charge is -2.10. The number of allylic oxidation sites excluding steroid dienone is 2. The van der Waals surface area contributed by atoms with E-state index < -0.39 is 0 Å². The quantitative estimate of drug-likeness (QED) is 0.657. The van der Waals surface area contributed by atoms with Crippen molar-refractivity contribution in [3.05, 3.63) is 42.2 Å². The van der Waals surface area contributed by atoms with Crippen LogP contribution >= 0.6 is 0 Å². The van der Waals surface area contributed by atoms with Crippen molar-refractivity contribution in [3.8, 4) is 0 Å². The molecule has 0 radical (unpaired) electrons. The van der Waals surface area contributed by atoms with Crippen molar-refractivity contribution in [1.82, 2.24) is 14.9 Å². The maximum absolute atomic E-state index is 11.9. The maximum Gasteiger partial charge on any atom is 0.220 e. The van der Waals surface area contributed by atoms with Crippen molar-refractivity contribution in [3.63, 3.8) is 0 Å². The van der Waals surface area contributed by atoms with E-state index in [0.29, 0.717) is 12.3 Å². The summed E-state index contributed by atoms with van der Waals surface area (Å²) in [6, 6.07) is 8.18. The second kappa shape index (κ2) is 6.77.